The molecule has 0 radical (unpaired) electrons. The third-order valence-corrected chi connectivity index (χ3v) is 3.87. The van der Waals surface area contributed by atoms with Gasteiger partial charge in [-0.25, -0.2) is 4.98 Å². The molecular weight excluding hydrogens is 286 g/mol. The number of nitrogens with one attached hydrogen (secondary N) is 1. The molecule has 0 spiro atoms. The van der Waals surface area contributed by atoms with Crippen molar-refractivity contribution in [2.24, 2.45) is 0 Å². The van der Waals surface area contributed by atoms with E-state index in [9.17, 15) is 4.79 Å². The average Bonchev–Trinajstić information content (AvgIpc) is 2.61. The van der Waals surface area contributed by atoms with E-state index in [4.69, 9.17) is 0 Å². The first kappa shape index (κ1) is 17.0. The standard InChI is InChI=1S/C19H25N3O/c1-3-22(4-2)18-13-12-17(15-21-18)19(23)20-14-8-11-16-9-6-5-7-10-16/h5-7,9-10,12-13,15H,3-4,8,11,14H2,1-2H3,(H,20,23). The number of nitrogens with zero attached hydrogens (tertiary/aromatic N) is 2. The number of carbonyl (C=O) groups excluding carboxylic acids is 1. The summed E-state index contributed by atoms with van der Waals surface area (Å²) in [4.78, 5) is 18.6. The van der Waals surface area contributed by atoms with Gasteiger partial charge in [0.15, 0.2) is 0 Å². The van der Waals surface area contributed by atoms with Gasteiger partial charge in [0, 0.05) is 25.8 Å². The second kappa shape index (κ2) is 8.93. The Labute approximate surface area is 138 Å². The first-order valence-corrected chi connectivity index (χ1v) is 8.27. The summed E-state index contributed by atoms with van der Waals surface area (Å²) in [5, 5.41) is 2.95. The lowest BCUT2D eigenvalue weighted by Crippen LogP contribution is -2.26. The van der Waals surface area contributed by atoms with E-state index < -0.39 is 0 Å². The summed E-state index contributed by atoms with van der Waals surface area (Å²) in [5.74, 6) is 0.854. The van der Waals surface area contributed by atoms with E-state index in [0.29, 0.717) is 12.1 Å². The molecule has 0 aliphatic rings. The van der Waals surface area contributed by atoms with E-state index in [0.717, 1.165) is 31.7 Å². The summed E-state index contributed by atoms with van der Waals surface area (Å²) in [7, 11) is 0. The highest BCUT2D eigenvalue weighted by Gasteiger charge is 2.07. The number of carbonyl (C=O) groups is 1. The van der Waals surface area contributed by atoms with Gasteiger partial charge in [-0.1, -0.05) is 30.3 Å². The van der Waals surface area contributed by atoms with Crippen molar-refractivity contribution in [3.63, 3.8) is 0 Å². The van der Waals surface area contributed by atoms with Gasteiger partial charge in [-0.05, 0) is 44.4 Å². The van der Waals surface area contributed by atoms with Gasteiger partial charge in [-0.2, -0.15) is 0 Å². The van der Waals surface area contributed by atoms with Crippen LogP contribution in [-0.2, 0) is 6.42 Å². The number of aryl methyl sites for hydroxylation is 1. The molecule has 23 heavy (non-hydrogen) atoms. The first-order chi connectivity index (χ1) is 11.2. The van der Waals surface area contributed by atoms with Gasteiger partial charge in [0.05, 0.1) is 5.56 Å². The fraction of sp³-hybridized carbons (Fsp3) is 0.368. The van der Waals surface area contributed by atoms with Crippen LogP contribution in [-0.4, -0.2) is 30.5 Å². The van der Waals surface area contributed by atoms with Gasteiger partial charge >= 0.3 is 0 Å². The quantitative estimate of drug-likeness (QED) is 0.761. The monoisotopic (exact) mass is 311 g/mol. The van der Waals surface area contributed by atoms with Gasteiger partial charge in [-0.15, -0.1) is 0 Å². The van der Waals surface area contributed by atoms with Crippen LogP contribution in [0.25, 0.3) is 0 Å². The molecule has 0 aliphatic heterocycles. The number of benzene rings is 1. The Morgan fingerprint density at radius 3 is 2.43 bits per heavy atom. The first-order valence-electron chi connectivity index (χ1n) is 8.27. The summed E-state index contributed by atoms with van der Waals surface area (Å²) in [6, 6.07) is 14.1. The van der Waals surface area contributed by atoms with Gasteiger partial charge < -0.3 is 10.2 Å². The minimum Gasteiger partial charge on any atom is -0.357 e. The zero-order valence-corrected chi connectivity index (χ0v) is 14.0. The van der Waals surface area contributed by atoms with Crippen LogP contribution < -0.4 is 10.2 Å². The van der Waals surface area contributed by atoms with E-state index in [1.54, 1.807) is 6.20 Å². The molecule has 1 heterocycles. The largest absolute Gasteiger partial charge is 0.357 e. The molecule has 1 aromatic heterocycles. The highest BCUT2D eigenvalue weighted by Crippen LogP contribution is 2.10. The smallest absolute Gasteiger partial charge is 0.252 e. The van der Waals surface area contributed by atoms with Crippen molar-refractivity contribution in [1.29, 1.82) is 0 Å². The Morgan fingerprint density at radius 1 is 1.09 bits per heavy atom. The number of hydrogen-bond acceptors (Lipinski definition) is 3. The van der Waals surface area contributed by atoms with E-state index >= 15 is 0 Å². The molecular formula is C19H25N3O. The lowest BCUT2D eigenvalue weighted by molar-refractivity contribution is 0.0953. The third-order valence-electron chi connectivity index (χ3n) is 3.87. The zero-order chi connectivity index (χ0) is 16.5. The molecule has 0 aliphatic carbocycles. The Bertz CT molecular complexity index is 592. The Kier molecular flexibility index (Phi) is 6.60. The van der Waals surface area contributed by atoms with Crippen LogP contribution in [0.3, 0.4) is 0 Å². The van der Waals surface area contributed by atoms with Gasteiger partial charge in [0.25, 0.3) is 5.91 Å². The number of hydrogen-bond donors (Lipinski definition) is 1. The van der Waals surface area contributed by atoms with Crippen LogP contribution in [0.4, 0.5) is 5.82 Å². The Balaban J connectivity index is 1.79. The summed E-state index contributed by atoms with van der Waals surface area (Å²) in [5.41, 5.74) is 1.91. The third kappa shape index (κ3) is 5.09. The summed E-state index contributed by atoms with van der Waals surface area (Å²) >= 11 is 0. The van der Waals surface area contributed by atoms with Crippen molar-refractivity contribution < 1.29 is 4.79 Å². The molecule has 0 saturated heterocycles. The predicted molar refractivity (Wildman–Crippen MR) is 94.9 cm³/mol. The van der Waals surface area contributed by atoms with Gasteiger partial charge in [0.1, 0.15) is 5.82 Å². The Hall–Kier alpha value is -2.36. The Morgan fingerprint density at radius 2 is 1.83 bits per heavy atom. The highest BCUT2D eigenvalue weighted by molar-refractivity contribution is 5.94. The molecule has 2 aromatic rings. The van der Waals surface area contributed by atoms with Crippen LogP contribution in [0.5, 0.6) is 0 Å². The van der Waals surface area contributed by atoms with Crippen LogP contribution in [0, 0.1) is 0 Å². The number of amides is 1. The predicted octanol–water partition coefficient (Wildman–Crippen LogP) is 3.29. The van der Waals surface area contributed by atoms with Crippen molar-refractivity contribution in [2.75, 3.05) is 24.5 Å². The van der Waals surface area contributed by atoms with Crippen LogP contribution in [0.15, 0.2) is 48.7 Å². The molecule has 1 N–H and O–H groups in total. The van der Waals surface area contributed by atoms with Crippen molar-refractivity contribution in [3.05, 3.63) is 59.8 Å². The molecule has 1 aromatic carbocycles. The van der Waals surface area contributed by atoms with Crippen LogP contribution >= 0.6 is 0 Å². The highest BCUT2D eigenvalue weighted by atomic mass is 16.1. The minimum absolute atomic E-state index is 0.0586. The van der Waals surface area contributed by atoms with E-state index in [1.165, 1.54) is 5.56 Å². The zero-order valence-electron chi connectivity index (χ0n) is 14.0. The molecule has 0 saturated carbocycles. The second-order valence-corrected chi connectivity index (χ2v) is 5.42. The molecule has 0 fully saturated rings. The molecule has 122 valence electrons. The maximum absolute atomic E-state index is 12.1. The van der Waals surface area contributed by atoms with E-state index in [2.05, 4.69) is 41.2 Å². The molecule has 0 unspecified atom stereocenters. The summed E-state index contributed by atoms with van der Waals surface area (Å²) in [6.07, 6.45) is 3.56. The van der Waals surface area contributed by atoms with Crippen molar-refractivity contribution in [2.45, 2.75) is 26.7 Å². The number of rotatable bonds is 8. The second-order valence-electron chi connectivity index (χ2n) is 5.42. The van der Waals surface area contributed by atoms with Gasteiger partial charge in [-0.3, -0.25) is 4.79 Å². The number of aromatic nitrogens is 1. The fourth-order valence-electron chi connectivity index (χ4n) is 2.50. The lowest BCUT2D eigenvalue weighted by Gasteiger charge is -2.19. The van der Waals surface area contributed by atoms with Gasteiger partial charge in [0.2, 0.25) is 0 Å². The van der Waals surface area contributed by atoms with Crippen molar-refractivity contribution in [3.8, 4) is 0 Å². The van der Waals surface area contributed by atoms with Crippen LogP contribution in [0.2, 0.25) is 0 Å². The van der Waals surface area contributed by atoms with Crippen molar-refractivity contribution in [1.82, 2.24) is 10.3 Å². The fourth-order valence-corrected chi connectivity index (χ4v) is 2.50. The molecule has 4 nitrogen and oxygen atoms in total. The molecule has 0 atom stereocenters. The van der Waals surface area contributed by atoms with E-state index in [-0.39, 0.29) is 5.91 Å². The molecule has 2 rings (SSSR count). The molecule has 1 amide bonds. The number of anilines is 1. The average molecular weight is 311 g/mol. The molecule has 4 heteroatoms. The lowest BCUT2D eigenvalue weighted by atomic mass is 10.1. The van der Waals surface area contributed by atoms with E-state index in [1.807, 2.05) is 30.3 Å². The van der Waals surface area contributed by atoms with Crippen molar-refractivity contribution >= 4 is 11.7 Å². The maximum atomic E-state index is 12.1. The summed E-state index contributed by atoms with van der Waals surface area (Å²) in [6.45, 7) is 6.69. The normalized spacial score (nSPS) is 10.3. The topological polar surface area (TPSA) is 45.2 Å². The SMILES string of the molecule is CCN(CC)c1ccc(C(=O)NCCCc2ccccc2)cn1. The summed E-state index contributed by atoms with van der Waals surface area (Å²) < 4.78 is 0. The number of pyridine rings is 1. The molecule has 0 bridgehead atoms. The minimum atomic E-state index is -0.0586. The van der Waals surface area contributed by atoms with Crippen LogP contribution in [0.1, 0.15) is 36.2 Å². The maximum Gasteiger partial charge on any atom is 0.252 e.